The Morgan fingerprint density at radius 2 is 0.467 bits per heavy atom. The van der Waals surface area contributed by atoms with Gasteiger partial charge < -0.3 is 0 Å². The summed E-state index contributed by atoms with van der Waals surface area (Å²) in [4.78, 5) is 16.1. The maximum absolute atomic E-state index is 4.02. The van der Waals surface area contributed by atoms with Gasteiger partial charge in [0.1, 0.15) is 93.7 Å². The Morgan fingerprint density at radius 1 is 0.283 bits per heavy atom. The second-order valence-corrected chi connectivity index (χ2v) is 15.4. The van der Waals surface area contributed by atoms with Crippen LogP contribution in [0.1, 0.15) is 101 Å². The van der Waals surface area contributed by atoms with Crippen LogP contribution in [0.4, 0.5) is 0 Å². The highest BCUT2D eigenvalue weighted by molar-refractivity contribution is 5.82. The summed E-state index contributed by atoms with van der Waals surface area (Å²) in [6.07, 6.45) is 17.6. The van der Waals surface area contributed by atoms with Gasteiger partial charge >= 0.3 is 0 Å². The van der Waals surface area contributed by atoms with Crippen molar-refractivity contribution >= 4 is 22.3 Å². The number of nitrogens with one attached hydrogen (secondary N) is 4. The predicted octanol–water partition coefficient (Wildman–Crippen LogP) is 6.00. The fourth-order valence-corrected chi connectivity index (χ4v) is 9.35. The van der Waals surface area contributed by atoms with Crippen LogP contribution in [0.3, 0.4) is 0 Å². The summed E-state index contributed by atoms with van der Waals surface area (Å²) in [7, 11) is 0. The maximum atomic E-state index is 4.02. The van der Waals surface area contributed by atoms with Crippen molar-refractivity contribution in [3.63, 3.8) is 0 Å². The van der Waals surface area contributed by atoms with E-state index in [9.17, 15) is 0 Å². The number of hydrogen-bond acceptors (Lipinski definition) is 0. The highest BCUT2D eigenvalue weighted by Crippen LogP contribution is 2.29. The molecule has 0 saturated carbocycles. The Balaban J connectivity index is 1.49. The van der Waals surface area contributed by atoms with Crippen molar-refractivity contribution < 1.29 is 0 Å². The van der Waals surface area contributed by atoms with Gasteiger partial charge in [0.15, 0.2) is 22.3 Å². The van der Waals surface area contributed by atoms with E-state index in [2.05, 4.69) is 210 Å². The van der Waals surface area contributed by atoms with Gasteiger partial charge in [0.25, 0.3) is 0 Å². The quantitative estimate of drug-likeness (QED) is 0.109. The van der Waals surface area contributed by atoms with E-state index in [4.69, 9.17) is 0 Å². The second-order valence-electron chi connectivity index (χ2n) is 15.4. The molecule has 0 spiro atoms. The molecule has 1 aliphatic heterocycles. The molecule has 4 N–H and O–H groups in total. The van der Waals surface area contributed by atoms with Crippen molar-refractivity contribution in [1.82, 2.24) is 56.5 Å². The molecule has 0 aromatic carbocycles. The fourth-order valence-electron chi connectivity index (χ4n) is 9.35. The van der Waals surface area contributed by atoms with Crippen LogP contribution in [0.25, 0.3) is 22.3 Å². The van der Waals surface area contributed by atoms with E-state index in [0.717, 1.165) is 142 Å². The van der Waals surface area contributed by atoms with E-state index in [1.165, 1.54) is 0 Å². The lowest BCUT2D eigenvalue weighted by Gasteiger charge is -2.09. The van der Waals surface area contributed by atoms with Crippen LogP contribution < -0.4 is 21.4 Å². The van der Waals surface area contributed by atoms with Crippen molar-refractivity contribution in [3.05, 3.63) is 166 Å². The van der Waals surface area contributed by atoms with Crippen molar-refractivity contribution in [2.75, 3.05) is 0 Å². The highest BCUT2D eigenvalue weighted by Gasteiger charge is 2.32. The molecule has 60 heavy (non-hydrogen) atoms. The number of aryl methyl sites for hydroxylation is 8. The van der Waals surface area contributed by atoms with Gasteiger partial charge in [0.05, 0.1) is 0 Å². The van der Waals surface area contributed by atoms with E-state index < -0.39 is 0 Å². The molecule has 8 aromatic rings. The third-order valence-corrected chi connectivity index (χ3v) is 12.4. The SMILES string of the molecule is CCn1ccn(CC)[c+]1C1=c2ccc([nH]2)=C([c+]2n(CC)ccn2CC)c2ccc([nH]2)C([c+]2n(CC)ccn2CC)=c2ccc([nH]2)=C([c+]2n(CC)ccn2CC)c2ccc1[nH]2. The molecule has 308 valence electrons. The van der Waals surface area contributed by atoms with Gasteiger partial charge in [-0.1, -0.05) is 0 Å². The zero-order valence-corrected chi connectivity index (χ0v) is 36.5. The Hall–Kier alpha value is -6.56. The first-order valence-electron chi connectivity index (χ1n) is 22.0. The summed E-state index contributed by atoms with van der Waals surface area (Å²) < 4.78 is 18.8. The first-order chi connectivity index (χ1) is 29.4. The van der Waals surface area contributed by atoms with Gasteiger partial charge in [0.2, 0.25) is 23.3 Å². The van der Waals surface area contributed by atoms with Crippen molar-refractivity contribution in [2.24, 2.45) is 0 Å². The van der Waals surface area contributed by atoms with Gasteiger partial charge in [0, 0.05) is 101 Å². The van der Waals surface area contributed by atoms with Gasteiger partial charge in [-0.2, -0.15) is 0 Å². The molecule has 1 aliphatic rings. The van der Waals surface area contributed by atoms with Crippen molar-refractivity contribution in [2.45, 2.75) is 108 Å². The minimum absolute atomic E-state index is 0.845. The Bertz CT molecular complexity index is 2610. The Labute approximate surface area is 351 Å². The molecular formula is C48H60N12+4. The number of fused-ring (bicyclic) bond motifs is 8. The van der Waals surface area contributed by atoms with E-state index in [0.29, 0.717) is 0 Å². The summed E-state index contributed by atoms with van der Waals surface area (Å²) in [6, 6.07) is 18.1. The molecule has 0 fully saturated rings. The summed E-state index contributed by atoms with van der Waals surface area (Å²) in [5, 5.41) is 4.18. The van der Waals surface area contributed by atoms with E-state index in [1.54, 1.807) is 0 Å². The minimum Gasteiger partial charge on any atom is -0.290 e. The van der Waals surface area contributed by atoms with Gasteiger partial charge in [-0.15, -0.1) is 0 Å². The standard InChI is InChI=1S/C48H60N12/c1-9-53-25-26-54(10-2)45(53)41-33-17-19-35(49-33)42(46-55(11-3)27-28-56(46)12-4)37-21-23-39(51-37)44(48-59(15-7)31-32-60(48)16-8)40-24-22-38(52-40)43(36-20-18-34(41)50-36)47-57(13-5)29-30-58(47)14-6/h17-32,49-52H,9-16H2,1-8H3/q+4. The largest absolute Gasteiger partial charge is 0.290 e. The molecule has 0 amide bonds. The smallest absolute Gasteiger partial charge is 0.203 e. The molecule has 9 heterocycles. The number of nitrogens with zero attached hydrogens (tertiary/aromatic N) is 8. The number of rotatable bonds is 12. The molecule has 0 saturated heterocycles. The summed E-state index contributed by atoms with van der Waals surface area (Å²) in [5.74, 6) is 4.61. The normalized spacial score (nSPS) is 13.1. The van der Waals surface area contributed by atoms with Gasteiger partial charge in [-0.25, -0.2) is 0 Å². The molecule has 12 heteroatoms. The lowest BCUT2D eigenvalue weighted by atomic mass is 10.1. The lowest BCUT2D eigenvalue weighted by molar-refractivity contribution is 0.678. The number of H-pyrrole nitrogens is 4. The van der Waals surface area contributed by atoms with Crippen LogP contribution in [0.15, 0.2) is 98.1 Å². The Kier molecular flexibility index (Phi) is 10.3. The molecule has 8 aromatic heterocycles. The van der Waals surface area contributed by atoms with Gasteiger partial charge in [-0.05, 0) is 55.4 Å². The summed E-state index contributed by atoms with van der Waals surface area (Å²) in [6.45, 7) is 24.5. The Morgan fingerprint density at radius 3 is 0.633 bits per heavy atom. The van der Waals surface area contributed by atoms with Crippen LogP contribution >= 0.6 is 0 Å². The average molecular weight is 805 g/mol. The minimum atomic E-state index is 0.845. The predicted molar refractivity (Wildman–Crippen MR) is 241 cm³/mol. The zero-order chi connectivity index (χ0) is 41.7. The van der Waals surface area contributed by atoms with Crippen LogP contribution in [0, 0.1) is 0 Å². The molecule has 0 aliphatic carbocycles. The number of imidazole rings is 4. The van der Waals surface area contributed by atoms with Crippen molar-refractivity contribution in [3.8, 4) is 0 Å². The third kappa shape index (κ3) is 6.19. The lowest BCUT2D eigenvalue weighted by Crippen LogP contribution is -2.23. The first-order valence-corrected chi connectivity index (χ1v) is 22.0. The number of hydrogen-bond donors (Lipinski definition) is 4. The van der Waals surface area contributed by atoms with E-state index in [-0.39, 0.29) is 0 Å². The molecule has 0 unspecified atom stereocenters. The van der Waals surface area contributed by atoms with Crippen LogP contribution in [0.2, 0.25) is 0 Å². The first kappa shape index (κ1) is 38.9. The van der Waals surface area contributed by atoms with Crippen LogP contribution in [-0.2, 0) is 52.4 Å². The maximum Gasteiger partial charge on any atom is 0.203 e. The fraction of sp³-hybridized carbons (Fsp3) is 0.333. The molecule has 12 nitrogen and oxygen atoms in total. The monoisotopic (exact) mass is 805 g/mol. The molecule has 0 radical (unpaired) electrons. The number of aromatic nitrogens is 12. The van der Waals surface area contributed by atoms with Crippen molar-refractivity contribution in [1.29, 1.82) is 0 Å². The van der Waals surface area contributed by atoms with Crippen LogP contribution in [-0.4, -0.2) is 56.5 Å². The van der Waals surface area contributed by atoms with E-state index in [1.807, 2.05) is 0 Å². The topological polar surface area (TPSA) is 103 Å². The highest BCUT2D eigenvalue weighted by atomic mass is 15.2. The summed E-state index contributed by atoms with van der Waals surface area (Å²) >= 11 is 0. The second kappa shape index (κ2) is 15.9. The molecule has 0 atom stereocenters. The zero-order valence-electron chi connectivity index (χ0n) is 36.5. The average Bonchev–Trinajstić information content (AvgIpc) is 4.13. The molecule has 8 bridgehead atoms. The number of aromatic amines is 4. The van der Waals surface area contributed by atoms with Crippen LogP contribution in [0.5, 0.6) is 0 Å². The molecule has 9 rings (SSSR count). The third-order valence-electron chi connectivity index (χ3n) is 12.4. The van der Waals surface area contributed by atoms with E-state index >= 15 is 0 Å². The molecular weight excluding hydrogens is 745 g/mol. The summed E-state index contributed by atoms with van der Waals surface area (Å²) in [5.41, 5.74) is 8.66. The van der Waals surface area contributed by atoms with Gasteiger partial charge in [-0.3, -0.25) is 56.5 Å².